The fourth-order valence-corrected chi connectivity index (χ4v) is 3.53. The van der Waals surface area contributed by atoms with Crippen molar-refractivity contribution in [3.05, 3.63) is 49.0 Å². The van der Waals surface area contributed by atoms with Crippen molar-refractivity contribution in [3.8, 4) is 5.75 Å². The van der Waals surface area contributed by atoms with E-state index in [9.17, 15) is 18.0 Å². The lowest BCUT2D eigenvalue weighted by atomic mass is 10.1. The van der Waals surface area contributed by atoms with E-state index in [1.165, 1.54) is 23.5 Å². The molecule has 106 valence electrons. The monoisotopic (exact) mass is 428 g/mol. The van der Waals surface area contributed by atoms with Crippen molar-refractivity contribution in [3.63, 3.8) is 0 Å². The first-order valence-electron chi connectivity index (χ1n) is 5.11. The number of ketones is 1. The minimum absolute atomic E-state index is 0.272. The van der Waals surface area contributed by atoms with Crippen molar-refractivity contribution in [1.82, 2.24) is 0 Å². The molecule has 0 amide bonds. The summed E-state index contributed by atoms with van der Waals surface area (Å²) in [7, 11) is 0. The van der Waals surface area contributed by atoms with Gasteiger partial charge < -0.3 is 4.74 Å². The van der Waals surface area contributed by atoms with Crippen LogP contribution < -0.4 is 4.74 Å². The van der Waals surface area contributed by atoms with Crippen molar-refractivity contribution in [2.75, 3.05) is 0 Å². The van der Waals surface area contributed by atoms with Crippen LogP contribution in [0.3, 0.4) is 0 Å². The Hall–Kier alpha value is -0.860. The van der Waals surface area contributed by atoms with Gasteiger partial charge in [-0.3, -0.25) is 4.79 Å². The maximum atomic E-state index is 12.2. The first-order valence-corrected chi connectivity index (χ1v) is 7.57. The third-order valence-corrected chi connectivity index (χ3v) is 5.77. The highest BCUT2D eigenvalue weighted by atomic mass is 79.9. The zero-order valence-corrected chi connectivity index (χ0v) is 13.5. The van der Waals surface area contributed by atoms with Gasteiger partial charge in [0.15, 0.2) is 0 Å². The van der Waals surface area contributed by atoms with Crippen LogP contribution in [-0.4, -0.2) is 12.1 Å². The molecule has 0 fully saturated rings. The molecule has 1 heterocycles. The van der Waals surface area contributed by atoms with Crippen LogP contribution >= 0.6 is 43.2 Å². The summed E-state index contributed by atoms with van der Waals surface area (Å²) >= 11 is 7.78. The summed E-state index contributed by atoms with van der Waals surface area (Å²) in [5.74, 6) is -0.633. The fraction of sp³-hybridized carbons (Fsp3) is 0.0833. The Morgan fingerprint density at radius 3 is 2.20 bits per heavy atom. The molecule has 0 spiro atoms. The number of carbonyl (C=O) groups is 1. The second-order valence-electron chi connectivity index (χ2n) is 3.63. The molecule has 0 aliphatic heterocycles. The molecule has 0 saturated heterocycles. The minimum Gasteiger partial charge on any atom is -0.406 e. The lowest BCUT2D eigenvalue weighted by Crippen LogP contribution is -2.17. The van der Waals surface area contributed by atoms with E-state index in [2.05, 4.69) is 36.6 Å². The van der Waals surface area contributed by atoms with Gasteiger partial charge in [-0.25, -0.2) is 0 Å². The van der Waals surface area contributed by atoms with Gasteiger partial charge in [-0.2, -0.15) is 0 Å². The number of hydrogen-bond donors (Lipinski definition) is 0. The van der Waals surface area contributed by atoms with Crippen molar-refractivity contribution in [2.45, 2.75) is 6.36 Å². The quantitative estimate of drug-likeness (QED) is 0.610. The fourth-order valence-electron chi connectivity index (χ4n) is 1.41. The van der Waals surface area contributed by atoms with Gasteiger partial charge in [0.05, 0.1) is 9.35 Å². The maximum absolute atomic E-state index is 12.2. The Morgan fingerprint density at radius 1 is 1.15 bits per heavy atom. The first-order chi connectivity index (χ1) is 9.28. The predicted molar refractivity (Wildman–Crippen MR) is 76.3 cm³/mol. The molecule has 0 unspecified atom stereocenters. The Balaban J connectivity index is 2.22. The highest BCUT2D eigenvalue weighted by molar-refractivity contribution is 9.13. The maximum Gasteiger partial charge on any atom is 0.573 e. The third kappa shape index (κ3) is 3.62. The highest BCUT2D eigenvalue weighted by Crippen LogP contribution is 2.34. The number of ether oxygens (including phenoxy) is 1. The van der Waals surface area contributed by atoms with Gasteiger partial charge in [0.1, 0.15) is 5.75 Å². The van der Waals surface area contributed by atoms with Crippen LogP contribution in [0.15, 0.2) is 38.6 Å². The van der Waals surface area contributed by atoms with E-state index >= 15 is 0 Å². The SMILES string of the molecule is O=C(c1ccc(OC(F)(F)F)cc1)c1scc(Br)c1Br. The summed E-state index contributed by atoms with van der Waals surface area (Å²) in [6.45, 7) is 0. The molecule has 0 saturated carbocycles. The minimum atomic E-state index is -4.74. The average Bonchev–Trinajstić information content (AvgIpc) is 2.68. The molecule has 2 rings (SSSR count). The Kier molecular flexibility index (Phi) is 4.55. The number of rotatable bonds is 3. The van der Waals surface area contributed by atoms with Crippen LogP contribution in [0.1, 0.15) is 15.2 Å². The van der Waals surface area contributed by atoms with Crippen LogP contribution in [0.5, 0.6) is 5.75 Å². The van der Waals surface area contributed by atoms with Crippen molar-refractivity contribution >= 4 is 49.0 Å². The van der Waals surface area contributed by atoms with Crippen LogP contribution in [0.2, 0.25) is 0 Å². The summed E-state index contributed by atoms with van der Waals surface area (Å²) in [4.78, 5) is 12.6. The number of hydrogen-bond acceptors (Lipinski definition) is 3. The van der Waals surface area contributed by atoms with E-state index in [0.717, 1.165) is 16.6 Å². The van der Waals surface area contributed by atoms with Crippen molar-refractivity contribution < 1.29 is 22.7 Å². The van der Waals surface area contributed by atoms with E-state index in [1.807, 2.05) is 0 Å². The van der Waals surface area contributed by atoms with E-state index in [0.29, 0.717) is 9.35 Å². The summed E-state index contributed by atoms with van der Waals surface area (Å²) in [5.41, 5.74) is 0.287. The number of halogens is 5. The number of alkyl halides is 3. The van der Waals surface area contributed by atoms with Crippen molar-refractivity contribution in [2.24, 2.45) is 0 Å². The summed E-state index contributed by atoms with van der Waals surface area (Å²) in [6, 6.07) is 4.81. The molecule has 0 N–H and O–H groups in total. The van der Waals surface area contributed by atoms with E-state index < -0.39 is 6.36 Å². The second-order valence-corrected chi connectivity index (χ2v) is 6.16. The van der Waals surface area contributed by atoms with Gasteiger partial charge in [-0.1, -0.05) is 0 Å². The van der Waals surface area contributed by atoms with Gasteiger partial charge in [0.2, 0.25) is 5.78 Å². The molecule has 0 atom stereocenters. The molecule has 1 aromatic carbocycles. The second kappa shape index (κ2) is 5.87. The Morgan fingerprint density at radius 2 is 1.75 bits per heavy atom. The summed E-state index contributed by atoms with van der Waals surface area (Å²) in [6.07, 6.45) is -4.74. The normalized spacial score (nSPS) is 11.4. The predicted octanol–water partition coefficient (Wildman–Crippen LogP) is 5.40. The lowest BCUT2D eigenvalue weighted by molar-refractivity contribution is -0.274. The smallest absolute Gasteiger partial charge is 0.406 e. The van der Waals surface area contributed by atoms with Crippen molar-refractivity contribution in [1.29, 1.82) is 0 Å². The van der Waals surface area contributed by atoms with Crippen LogP contribution in [0, 0.1) is 0 Å². The standard InChI is InChI=1S/C12H5Br2F3O2S/c13-8-5-20-11(9(8)14)10(18)6-1-3-7(4-2-6)19-12(15,16)17/h1-5H. The molecule has 0 aliphatic carbocycles. The molecule has 2 aromatic rings. The van der Waals surface area contributed by atoms with Gasteiger partial charge >= 0.3 is 6.36 Å². The van der Waals surface area contributed by atoms with E-state index in [1.54, 1.807) is 5.38 Å². The summed E-state index contributed by atoms with van der Waals surface area (Å²) < 4.78 is 41.2. The molecular formula is C12H5Br2F3O2S. The zero-order chi connectivity index (χ0) is 14.9. The lowest BCUT2D eigenvalue weighted by Gasteiger charge is -2.08. The molecule has 2 nitrogen and oxygen atoms in total. The molecule has 8 heteroatoms. The van der Waals surface area contributed by atoms with E-state index in [4.69, 9.17) is 0 Å². The molecule has 0 radical (unpaired) electrons. The van der Waals surface area contributed by atoms with Gasteiger partial charge in [0, 0.05) is 15.4 Å². The molecular weight excluding hydrogens is 425 g/mol. The van der Waals surface area contributed by atoms with Crippen LogP contribution in [0.4, 0.5) is 13.2 Å². The highest BCUT2D eigenvalue weighted by Gasteiger charge is 2.31. The Bertz CT molecular complexity index is 635. The molecule has 0 aliphatic rings. The van der Waals surface area contributed by atoms with E-state index in [-0.39, 0.29) is 17.1 Å². The number of benzene rings is 1. The number of thiophene rings is 1. The van der Waals surface area contributed by atoms with Gasteiger partial charge in [-0.15, -0.1) is 24.5 Å². The third-order valence-electron chi connectivity index (χ3n) is 2.25. The molecule has 20 heavy (non-hydrogen) atoms. The topological polar surface area (TPSA) is 26.3 Å². The van der Waals surface area contributed by atoms with Crippen LogP contribution in [-0.2, 0) is 0 Å². The summed E-state index contributed by atoms with van der Waals surface area (Å²) in [5, 5.41) is 1.75. The zero-order valence-electron chi connectivity index (χ0n) is 9.50. The molecule has 1 aromatic heterocycles. The van der Waals surface area contributed by atoms with Gasteiger partial charge in [-0.05, 0) is 56.1 Å². The van der Waals surface area contributed by atoms with Gasteiger partial charge in [0.25, 0.3) is 0 Å². The Labute approximate surface area is 132 Å². The van der Waals surface area contributed by atoms with Crippen LogP contribution in [0.25, 0.3) is 0 Å². The largest absolute Gasteiger partial charge is 0.573 e. The molecule has 0 bridgehead atoms. The first kappa shape index (κ1) is 15.5. The number of carbonyl (C=O) groups excluding carboxylic acids is 1. The average molecular weight is 430 g/mol.